The second-order valence-corrected chi connectivity index (χ2v) is 11.3. The molecule has 0 N–H and O–H groups in total. The molecule has 0 radical (unpaired) electrons. The highest BCUT2D eigenvalue weighted by Crippen LogP contribution is 2.25. The van der Waals surface area contributed by atoms with Crippen LogP contribution in [0.4, 0.5) is 0 Å². The molecule has 0 aliphatic heterocycles. The molecule has 0 atom stereocenters. The van der Waals surface area contributed by atoms with Gasteiger partial charge >= 0.3 is 0 Å². The molecule has 0 saturated carbocycles. The third-order valence-corrected chi connectivity index (χ3v) is 7.86. The Hall–Kier alpha value is -2.79. The second-order valence-electron chi connectivity index (χ2n) is 8.08. The maximum absolute atomic E-state index is 13.3. The largest absolute Gasteiger partial charge is 0.493 e. The lowest BCUT2D eigenvalue weighted by molar-refractivity contribution is -0.131. The van der Waals surface area contributed by atoms with Crippen molar-refractivity contribution in [3.8, 4) is 18.1 Å². The van der Waals surface area contributed by atoms with Gasteiger partial charge in [0.1, 0.15) is 11.5 Å². The Morgan fingerprint density at radius 3 is 2.57 bits per heavy atom. The van der Waals surface area contributed by atoms with Crippen LogP contribution in [0.1, 0.15) is 30.0 Å². The average molecular weight is 530 g/mol. The summed E-state index contributed by atoms with van der Waals surface area (Å²) < 4.78 is 30.2. The first-order valence-corrected chi connectivity index (χ1v) is 14.2. The molecule has 5 nitrogen and oxygen atoms in total. The fourth-order valence-electron chi connectivity index (χ4n) is 3.52. The van der Waals surface area contributed by atoms with Crippen molar-refractivity contribution >= 4 is 38.7 Å². The summed E-state index contributed by atoms with van der Waals surface area (Å²) in [5.74, 6) is 2.56. The number of sulfone groups is 1. The molecule has 2 aromatic carbocycles. The summed E-state index contributed by atoms with van der Waals surface area (Å²) in [6, 6.07) is 14.1. The molecule has 1 heterocycles. The lowest BCUT2D eigenvalue weighted by Gasteiger charge is -2.24. The van der Waals surface area contributed by atoms with Gasteiger partial charge in [0.25, 0.3) is 0 Å². The van der Waals surface area contributed by atoms with Gasteiger partial charge in [-0.3, -0.25) is 4.79 Å². The molecule has 0 spiro atoms. The highest BCUT2D eigenvalue weighted by Gasteiger charge is 2.18. The van der Waals surface area contributed by atoms with E-state index in [0.717, 1.165) is 23.1 Å². The number of nitrogens with zero attached hydrogens (tertiary/aromatic N) is 1. The Bertz CT molecular complexity index is 1260. The Labute approximate surface area is 216 Å². The van der Waals surface area contributed by atoms with E-state index in [2.05, 4.69) is 5.92 Å². The van der Waals surface area contributed by atoms with E-state index in [0.29, 0.717) is 43.3 Å². The number of rotatable bonds is 12. The van der Waals surface area contributed by atoms with Crippen LogP contribution in [-0.2, 0) is 34.0 Å². The van der Waals surface area contributed by atoms with Crippen LogP contribution in [0.25, 0.3) is 0 Å². The fourth-order valence-corrected chi connectivity index (χ4v) is 5.32. The molecule has 0 fully saturated rings. The second kappa shape index (κ2) is 12.8. The van der Waals surface area contributed by atoms with Gasteiger partial charge in [-0.25, -0.2) is 8.42 Å². The van der Waals surface area contributed by atoms with Crippen molar-refractivity contribution in [2.24, 2.45) is 0 Å². The highest BCUT2D eigenvalue weighted by molar-refractivity contribution is 7.91. The van der Waals surface area contributed by atoms with Gasteiger partial charge in [0.2, 0.25) is 5.91 Å². The van der Waals surface area contributed by atoms with E-state index < -0.39 is 9.84 Å². The maximum Gasteiger partial charge on any atom is 0.227 e. The van der Waals surface area contributed by atoms with Gasteiger partial charge in [-0.15, -0.1) is 6.42 Å². The van der Waals surface area contributed by atoms with Crippen LogP contribution in [0, 0.1) is 12.3 Å². The normalized spacial score (nSPS) is 11.1. The minimum atomic E-state index is -3.48. The predicted octanol–water partition coefficient (Wildman–Crippen LogP) is 5.41. The number of amides is 1. The monoisotopic (exact) mass is 529 g/mol. The number of halogens is 1. The first-order chi connectivity index (χ1) is 16.8. The molecule has 0 bridgehead atoms. The summed E-state index contributed by atoms with van der Waals surface area (Å²) in [6.07, 6.45) is 6.91. The lowest BCUT2D eigenvalue weighted by Crippen LogP contribution is -2.33. The Balaban J connectivity index is 1.79. The number of hydrogen-bond acceptors (Lipinski definition) is 5. The van der Waals surface area contributed by atoms with Gasteiger partial charge < -0.3 is 9.64 Å². The van der Waals surface area contributed by atoms with Gasteiger partial charge in [-0.1, -0.05) is 36.6 Å². The Morgan fingerprint density at radius 1 is 1.14 bits per heavy atom. The maximum atomic E-state index is 13.3. The molecule has 1 aromatic heterocycles. The summed E-state index contributed by atoms with van der Waals surface area (Å²) in [4.78, 5) is 15.3. The standard InChI is InChI=1S/C27H28ClNO4S2/c1-3-14-33-26-10-7-24(28)18-23(26)19-29(27(30)17-22-12-15-34-20-22)13-11-21-5-8-25(9-6-21)35(31,32)16-4-2/h2,5-10,12,15,18,20H,3,11,13-14,16-17,19H2,1H3. The summed E-state index contributed by atoms with van der Waals surface area (Å²) in [7, 11) is -3.48. The molecule has 3 rings (SSSR count). The van der Waals surface area contributed by atoms with Crippen molar-refractivity contribution in [2.75, 3.05) is 18.9 Å². The summed E-state index contributed by atoms with van der Waals surface area (Å²) in [5, 5.41) is 4.51. The zero-order valence-electron chi connectivity index (χ0n) is 19.6. The Morgan fingerprint density at radius 2 is 1.91 bits per heavy atom. The summed E-state index contributed by atoms with van der Waals surface area (Å²) >= 11 is 7.82. The van der Waals surface area contributed by atoms with Gasteiger partial charge in [0, 0.05) is 23.7 Å². The van der Waals surface area contributed by atoms with Crippen LogP contribution < -0.4 is 4.74 Å². The quantitative estimate of drug-likeness (QED) is 0.294. The topological polar surface area (TPSA) is 63.7 Å². The van der Waals surface area contributed by atoms with Crippen LogP contribution >= 0.6 is 22.9 Å². The van der Waals surface area contributed by atoms with Crippen molar-refractivity contribution in [1.82, 2.24) is 4.90 Å². The molecular formula is C27H28ClNO4S2. The molecule has 0 saturated heterocycles. The fraction of sp³-hybridized carbons (Fsp3) is 0.296. The lowest BCUT2D eigenvalue weighted by atomic mass is 10.1. The third-order valence-electron chi connectivity index (χ3n) is 5.36. The third kappa shape index (κ3) is 7.86. The zero-order valence-corrected chi connectivity index (χ0v) is 22.0. The smallest absolute Gasteiger partial charge is 0.227 e. The van der Waals surface area contributed by atoms with Crippen molar-refractivity contribution in [3.63, 3.8) is 0 Å². The molecule has 3 aromatic rings. The summed E-state index contributed by atoms with van der Waals surface area (Å²) in [6.45, 7) is 3.43. The molecular weight excluding hydrogens is 502 g/mol. The molecule has 184 valence electrons. The number of benzene rings is 2. The van der Waals surface area contributed by atoms with E-state index in [1.54, 1.807) is 46.6 Å². The number of hydrogen-bond donors (Lipinski definition) is 0. The van der Waals surface area contributed by atoms with Crippen LogP contribution in [-0.4, -0.2) is 38.1 Å². The minimum absolute atomic E-state index is 0.00182. The molecule has 0 aliphatic rings. The highest BCUT2D eigenvalue weighted by atomic mass is 35.5. The zero-order chi connectivity index (χ0) is 25.3. The van der Waals surface area contributed by atoms with E-state index in [1.165, 1.54) is 0 Å². The van der Waals surface area contributed by atoms with Gasteiger partial charge in [0.05, 0.1) is 17.9 Å². The first kappa shape index (κ1) is 26.8. The van der Waals surface area contributed by atoms with Crippen molar-refractivity contribution < 1.29 is 17.9 Å². The SMILES string of the molecule is C#CCS(=O)(=O)c1ccc(CCN(Cc2cc(Cl)ccc2OCCC)C(=O)Cc2ccsc2)cc1. The van der Waals surface area contributed by atoms with E-state index >= 15 is 0 Å². The number of ether oxygens (including phenoxy) is 1. The minimum Gasteiger partial charge on any atom is -0.493 e. The van der Waals surface area contributed by atoms with Crippen LogP contribution in [0.5, 0.6) is 5.75 Å². The van der Waals surface area contributed by atoms with Gasteiger partial charge in [-0.2, -0.15) is 11.3 Å². The van der Waals surface area contributed by atoms with Gasteiger partial charge in [0.15, 0.2) is 9.84 Å². The molecule has 0 unspecified atom stereocenters. The predicted molar refractivity (Wildman–Crippen MR) is 142 cm³/mol. The van der Waals surface area contributed by atoms with E-state index in [4.69, 9.17) is 22.8 Å². The summed E-state index contributed by atoms with van der Waals surface area (Å²) in [5.41, 5.74) is 2.74. The molecule has 1 amide bonds. The van der Waals surface area contributed by atoms with E-state index in [9.17, 15) is 13.2 Å². The number of carbonyl (C=O) groups excluding carboxylic acids is 1. The van der Waals surface area contributed by atoms with Crippen LogP contribution in [0.2, 0.25) is 5.02 Å². The van der Waals surface area contributed by atoms with Crippen molar-refractivity contribution in [1.29, 1.82) is 0 Å². The molecule has 0 aliphatic carbocycles. The Kier molecular flexibility index (Phi) is 9.79. The number of carbonyl (C=O) groups is 1. The first-order valence-electron chi connectivity index (χ1n) is 11.3. The molecule has 35 heavy (non-hydrogen) atoms. The van der Waals surface area contributed by atoms with Crippen molar-refractivity contribution in [3.05, 3.63) is 81.0 Å². The van der Waals surface area contributed by atoms with Crippen LogP contribution in [0.15, 0.2) is 64.2 Å². The number of terminal acetylenes is 1. The van der Waals surface area contributed by atoms with Crippen molar-refractivity contribution in [2.45, 2.75) is 37.6 Å². The molecule has 8 heteroatoms. The number of thiophene rings is 1. The van der Waals surface area contributed by atoms with Gasteiger partial charge in [-0.05, 0) is 71.1 Å². The van der Waals surface area contributed by atoms with E-state index in [1.807, 2.05) is 35.9 Å². The van der Waals surface area contributed by atoms with E-state index in [-0.39, 0.29) is 16.6 Å². The van der Waals surface area contributed by atoms with Crippen LogP contribution in [0.3, 0.4) is 0 Å². The average Bonchev–Trinajstić information content (AvgIpc) is 3.34.